The van der Waals surface area contributed by atoms with Crippen molar-refractivity contribution in [3.8, 4) is 11.3 Å². The first-order valence-corrected chi connectivity index (χ1v) is 12.4. The molecule has 5 rings (SSSR count). The molecule has 0 saturated carbocycles. The summed E-state index contributed by atoms with van der Waals surface area (Å²) in [7, 11) is 0. The molecule has 1 aliphatic rings. The van der Waals surface area contributed by atoms with Crippen LogP contribution in [0.4, 0.5) is 18.9 Å². The SMILES string of the molecule is O=C(/C=C/c1ccccc1)Nc1cnn(C2CCN(C(=O)c3cc(-c4ccccc4C(F)(F)F)n[nH]3)CC2)c1. The third-order valence-corrected chi connectivity index (χ3v) is 6.54. The molecule has 11 heteroatoms. The van der Waals surface area contributed by atoms with Gasteiger partial charge in [0.15, 0.2) is 0 Å². The van der Waals surface area contributed by atoms with Gasteiger partial charge in [0.1, 0.15) is 5.69 Å². The van der Waals surface area contributed by atoms with Gasteiger partial charge in [-0.2, -0.15) is 23.4 Å². The Bertz CT molecular complexity index is 1480. The average molecular weight is 535 g/mol. The summed E-state index contributed by atoms with van der Waals surface area (Å²) in [5.41, 5.74) is 0.788. The largest absolute Gasteiger partial charge is 0.417 e. The number of carbonyl (C=O) groups is 2. The van der Waals surface area contributed by atoms with Gasteiger partial charge in [0, 0.05) is 30.9 Å². The van der Waals surface area contributed by atoms with E-state index in [2.05, 4.69) is 20.6 Å². The third-order valence-electron chi connectivity index (χ3n) is 6.54. The van der Waals surface area contributed by atoms with Gasteiger partial charge in [-0.3, -0.25) is 19.4 Å². The van der Waals surface area contributed by atoms with E-state index in [1.807, 2.05) is 30.3 Å². The van der Waals surface area contributed by atoms with Gasteiger partial charge in [0.05, 0.1) is 29.2 Å². The number of hydrogen-bond acceptors (Lipinski definition) is 4. The van der Waals surface area contributed by atoms with Crippen molar-refractivity contribution in [2.45, 2.75) is 25.1 Å². The van der Waals surface area contributed by atoms with Gasteiger partial charge in [-0.25, -0.2) is 0 Å². The van der Waals surface area contributed by atoms with E-state index in [9.17, 15) is 22.8 Å². The van der Waals surface area contributed by atoms with Crippen LogP contribution in [0.25, 0.3) is 17.3 Å². The predicted molar refractivity (Wildman–Crippen MR) is 140 cm³/mol. The first-order valence-electron chi connectivity index (χ1n) is 12.4. The van der Waals surface area contributed by atoms with Gasteiger partial charge in [0.2, 0.25) is 5.91 Å². The van der Waals surface area contributed by atoms with Crippen LogP contribution in [0.1, 0.15) is 40.5 Å². The number of rotatable bonds is 6. The number of nitrogens with zero attached hydrogens (tertiary/aromatic N) is 4. The number of nitrogens with one attached hydrogen (secondary N) is 2. The Labute approximate surface area is 222 Å². The molecule has 2 amide bonds. The zero-order valence-electron chi connectivity index (χ0n) is 20.7. The summed E-state index contributed by atoms with van der Waals surface area (Å²) in [6.45, 7) is 0.886. The summed E-state index contributed by atoms with van der Waals surface area (Å²) < 4.78 is 41.9. The molecule has 0 unspecified atom stereocenters. The van der Waals surface area contributed by atoms with Crippen LogP contribution in [0, 0.1) is 0 Å². The van der Waals surface area contributed by atoms with E-state index in [0.29, 0.717) is 31.6 Å². The summed E-state index contributed by atoms with van der Waals surface area (Å²) in [4.78, 5) is 26.9. The van der Waals surface area contributed by atoms with Crippen molar-refractivity contribution < 1.29 is 22.8 Å². The van der Waals surface area contributed by atoms with Crippen LogP contribution in [-0.4, -0.2) is 49.8 Å². The molecule has 39 heavy (non-hydrogen) atoms. The van der Waals surface area contributed by atoms with Crippen LogP contribution < -0.4 is 5.32 Å². The molecule has 200 valence electrons. The first kappa shape index (κ1) is 26.0. The van der Waals surface area contributed by atoms with E-state index in [4.69, 9.17) is 0 Å². The number of alkyl halides is 3. The van der Waals surface area contributed by atoms with E-state index in [-0.39, 0.29) is 34.8 Å². The molecule has 3 heterocycles. The molecule has 0 aliphatic carbocycles. The smallest absolute Gasteiger partial charge is 0.337 e. The molecule has 2 aromatic heterocycles. The molecular formula is C28H25F3N6O2. The number of amides is 2. The number of anilines is 1. The fourth-order valence-corrected chi connectivity index (χ4v) is 4.55. The van der Waals surface area contributed by atoms with Crippen molar-refractivity contribution in [3.05, 3.63) is 96.0 Å². The summed E-state index contributed by atoms with van der Waals surface area (Å²) in [5, 5.41) is 13.7. The summed E-state index contributed by atoms with van der Waals surface area (Å²) in [6.07, 6.45) is 3.25. The molecule has 8 nitrogen and oxygen atoms in total. The Morgan fingerprint density at radius 2 is 1.74 bits per heavy atom. The summed E-state index contributed by atoms with van der Waals surface area (Å²) in [6, 6.07) is 16.0. The highest BCUT2D eigenvalue weighted by Gasteiger charge is 2.34. The maximum atomic E-state index is 13.4. The zero-order valence-corrected chi connectivity index (χ0v) is 20.7. The Hall–Kier alpha value is -4.67. The van der Waals surface area contributed by atoms with Crippen LogP contribution >= 0.6 is 0 Å². The van der Waals surface area contributed by atoms with Crippen LogP contribution in [0.2, 0.25) is 0 Å². The second kappa shape index (κ2) is 11.0. The highest BCUT2D eigenvalue weighted by atomic mass is 19.4. The van der Waals surface area contributed by atoms with E-state index in [1.54, 1.807) is 28.1 Å². The van der Waals surface area contributed by atoms with Gasteiger partial charge >= 0.3 is 6.18 Å². The number of carbonyl (C=O) groups excluding carboxylic acids is 2. The Morgan fingerprint density at radius 1 is 1.03 bits per heavy atom. The number of aromatic nitrogens is 4. The predicted octanol–water partition coefficient (Wildman–Crippen LogP) is 5.42. The molecule has 1 aliphatic heterocycles. The van der Waals surface area contributed by atoms with E-state index in [0.717, 1.165) is 11.6 Å². The van der Waals surface area contributed by atoms with Crippen molar-refractivity contribution in [1.82, 2.24) is 24.9 Å². The number of likely N-dealkylation sites (tertiary alicyclic amines) is 1. The minimum absolute atomic E-state index is 0.0375. The number of halogens is 3. The van der Waals surface area contributed by atoms with Crippen molar-refractivity contribution in [2.75, 3.05) is 18.4 Å². The Morgan fingerprint density at radius 3 is 2.49 bits per heavy atom. The van der Waals surface area contributed by atoms with Gasteiger partial charge < -0.3 is 10.2 Å². The standard InChI is InChI=1S/C28H25F3N6O2/c29-28(30,31)23-9-5-4-8-22(23)24-16-25(35-34-24)27(39)36-14-12-21(13-15-36)37-18-20(17-32-37)33-26(38)11-10-19-6-2-1-3-7-19/h1-11,16-18,21H,12-15H2,(H,33,38)(H,34,35)/b11-10+. The molecular weight excluding hydrogens is 509 g/mol. The minimum Gasteiger partial charge on any atom is -0.337 e. The second-order valence-electron chi connectivity index (χ2n) is 9.18. The molecule has 2 N–H and O–H groups in total. The molecule has 2 aromatic carbocycles. The fraction of sp³-hybridized carbons (Fsp3) is 0.214. The summed E-state index contributed by atoms with van der Waals surface area (Å²) >= 11 is 0. The molecule has 0 radical (unpaired) electrons. The van der Waals surface area contributed by atoms with E-state index in [1.165, 1.54) is 30.3 Å². The van der Waals surface area contributed by atoms with Gasteiger partial charge in [-0.05, 0) is 36.6 Å². The molecule has 1 fully saturated rings. The zero-order chi connectivity index (χ0) is 27.4. The topological polar surface area (TPSA) is 95.9 Å². The quantitative estimate of drug-likeness (QED) is 0.323. The van der Waals surface area contributed by atoms with Gasteiger partial charge in [-0.1, -0.05) is 48.5 Å². The Kier molecular flexibility index (Phi) is 7.31. The van der Waals surface area contributed by atoms with Gasteiger partial charge in [-0.15, -0.1) is 0 Å². The highest BCUT2D eigenvalue weighted by Crippen LogP contribution is 2.36. The highest BCUT2D eigenvalue weighted by molar-refractivity contribution is 6.01. The van der Waals surface area contributed by atoms with E-state index < -0.39 is 11.7 Å². The van der Waals surface area contributed by atoms with E-state index >= 15 is 0 Å². The van der Waals surface area contributed by atoms with Crippen LogP contribution in [0.3, 0.4) is 0 Å². The molecule has 4 aromatic rings. The first-order chi connectivity index (χ1) is 18.8. The average Bonchev–Trinajstić information content (AvgIpc) is 3.62. The van der Waals surface area contributed by atoms with Crippen LogP contribution in [0.15, 0.2) is 79.1 Å². The van der Waals surface area contributed by atoms with Crippen molar-refractivity contribution in [2.24, 2.45) is 0 Å². The normalized spacial score (nSPS) is 14.6. The molecule has 0 bridgehead atoms. The maximum absolute atomic E-state index is 13.4. The van der Waals surface area contributed by atoms with Gasteiger partial charge in [0.25, 0.3) is 5.91 Å². The lowest BCUT2D eigenvalue weighted by molar-refractivity contribution is -0.137. The lowest BCUT2D eigenvalue weighted by atomic mass is 10.0. The number of H-pyrrole nitrogens is 1. The maximum Gasteiger partial charge on any atom is 0.417 e. The Balaban J connectivity index is 1.17. The third kappa shape index (κ3) is 6.08. The second-order valence-corrected chi connectivity index (χ2v) is 9.18. The van der Waals surface area contributed by atoms with Crippen molar-refractivity contribution in [3.63, 3.8) is 0 Å². The number of piperidine rings is 1. The van der Waals surface area contributed by atoms with Crippen molar-refractivity contribution >= 4 is 23.6 Å². The molecule has 0 atom stereocenters. The lowest BCUT2D eigenvalue weighted by Crippen LogP contribution is -2.39. The molecule has 0 spiro atoms. The minimum atomic E-state index is -4.53. The van der Waals surface area contributed by atoms with Crippen molar-refractivity contribution in [1.29, 1.82) is 0 Å². The lowest BCUT2D eigenvalue weighted by Gasteiger charge is -2.31. The fourth-order valence-electron chi connectivity index (χ4n) is 4.55. The number of hydrogen-bond donors (Lipinski definition) is 2. The monoisotopic (exact) mass is 534 g/mol. The van der Waals surface area contributed by atoms with Crippen LogP contribution in [0.5, 0.6) is 0 Å². The summed E-state index contributed by atoms with van der Waals surface area (Å²) in [5.74, 6) is -0.592. The number of aromatic amines is 1. The molecule has 1 saturated heterocycles. The van der Waals surface area contributed by atoms with Crippen LogP contribution in [-0.2, 0) is 11.0 Å². The number of benzene rings is 2.